The molecule has 4 N–H and O–H groups in total. The third-order valence-electron chi connectivity index (χ3n) is 3.00. The Hall–Kier alpha value is -0.340. The summed E-state index contributed by atoms with van der Waals surface area (Å²) in [5, 5.41) is 18.4. The van der Waals surface area contributed by atoms with Crippen molar-refractivity contribution in [2.24, 2.45) is 5.73 Å². The molecule has 0 fully saturated rings. The second kappa shape index (κ2) is 8.16. The highest BCUT2D eigenvalue weighted by molar-refractivity contribution is 14.1. The molecular formula is C15H12I3NO4. The Morgan fingerprint density at radius 1 is 1.09 bits per heavy atom. The summed E-state index contributed by atoms with van der Waals surface area (Å²) >= 11 is 6.36. The summed E-state index contributed by atoms with van der Waals surface area (Å²) in [5.74, 6) is 0.392. The number of nitrogens with two attached hydrogens (primary N) is 1. The second-order valence-electron chi connectivity index (χ2n) is 4.66. The summed E-state index contributed by atoms with van der Waals surface area (Å²) in [5.41, 5.74) is 6.63. The lowest BCUT2D eigenvalue weighted by Gasteiger charge is -2.19. The van der Waals surface area contributed by atoms with Crippen LogP contribution in [0.25, 0.3) is 0 Å². The molecule has 2 rings (SSSR count). The van der Waals surface area contributed by atoms with Gasteiger partial charge in [0.05, 0.1) is 3.92 Å². The molecule has 0 bridgehead atoms. The van der Waals surface area contributed by atoms with Gasteiger partial charge in [0.2, 0.25) is 0 Å². The fourth-order valence-electron chi connectivity index (χ4n) is 1.84. The zero-order chi connectivity index (χ0) is 17.1. The van der Waals surface area contributed by atoms with E-state index < -0.39 is 12.0 Å². The molecule has 0 aromatic heterocycles. The van der Waals surface area contributed by atoms with Crippen molar-refractivity contribution in [2.75, 3.05) is 0 Å². The molecule has 122 valence electrons. The minimum absolute atomic E-state index is 0.173. The van der Waals surface area contributed by atoms with Crippen molar-refractivity contribution in [1.29, 1.82) is 0 Å². The SMILES string of the molecule is N[C@@H](C(=O)O)[C@@H](I)c1c(I)cc(Oc2ccc(O)cc2)cc1I. The maximum absolute atomic E-state index is 11.1. The Kier molecular flexibility index (Phi) is 6.74. The Bertz CT molecular complexity index is 698. The molecule has 0 unspecified atom stereocenters. The van der Waals surface area contributed by atoms with Crippen molar-refractivity contribution >= 4 is 73.7 Å². The van der Waals surface area contributed by atoms with Crippen LogP contribution in [0.3, 0.4) is 0 Å². The van der Waals surface area contributed by atoms with Gasteiger partial charge in [-0.05, 0) is 87.1 Å². The van der Waals surface area contributed by atoms with E-state index in [0.29, 0.717) is 11.5 Å². The molecule has 2 aromatic rings. The Morgan fingerprint density at radius 3 is 2.09 bits per heavy atom. The molecule has 0 saturated heterocycles. The van der Waals surface area contributed by atoms with E-state index in [-0.39, 0.29) is 9.67 Å². The summed E-state index contributed by atoms with van der Waals surface area (Å²) in [7, 11) is 0. The van der Waals surface area contributed by atoms with Crippen LogP contribution < -0.4 is 10.5 Å². The van der Waals surface area contributed by atoms with Crippen LogP contribution >= 0.6 is 67.8 Å². The molecule has 0 amide bonds. The molecule has 23 heavy (non-hydrogen) atoms. The first kappa shape index (κ1) is 19.0. The van der Waals surface area contributed by atoms with Crippen molar-refractivity contribution in [3.05, 3.63) is 49.1 Å². The van der Waals surface area contributed by atoms with E-state index in [4.69, 9.17) is 15.6 Å². The number of hydrogen-bond acceptors (Lipinski definition) is 4. The van der Waals surface area contributed by atoms with Gasteiger partial charge in [-0.25, -0.2) is 0 Å². The zero-order valence-corrected chi connectivity index (χ0v) is 18.0. The molecule has 0 aliphatic rings. The third kappa shape index (κ3) is 4.82. The number of phenols is 1. The zero-order valence-electron chi connectivity index (χ0n) is 11.5. The number of carboxylic acids is 1. The van der Waals surface area contributed by atoms with E-state index in [1.807, 2.05) is 12.1 Å². The van der Waals surface area contributed by atoms with Gasteiger partial charge in [0.25, 0.3) is 0 Å². The summed E-state index contributed by atoms with van der Waals surface area (Å²) in [4.78, 5) is 11.1. The molecule has 0 heterocycles. The van der Waals surface area contributed by atoms with Crippen molar-refractivity contribution in [1.82, 2.24) is 0 Å². The van der Waals surface area contributed by atoms with E-state index in [1.54, 1.807) is 24.3 Å². The van der Waals surface area contributed by atoms with Crippen LogP contribution in [-0.4, -0.2) is 22.2 Å². The minimum Gasteiger partial charge on any atom is -0.508 e. The number of carboxylic acid groups (broad SMARTS) is 1. The Morgan fingerprint density at radius 2 is 1.61 bits per heavy atom. The van der Waals surface area contributed by atoms with Gasteiger partial charge in [-0.1, -0.05) is 22.6 Å². The second-order valence-corrected chi connectivity index (χ2v) is 8.33. The number of benzene rings is 2. The molecule has 5 nitrogen and oxygen atoms in total. The molecule has 2 atom stereocenters. The number of hydrogen-bond donors (Lipinski definition) is 3. The van der Waals surface area contributed by atoms with Gasteiger partial charge in [-0.15, -0.1) is 0 Å². The van der Waals surface area contributed by atoms with Gasteiger partial charge in [0.15, 0.2) is 0 Å². The number of phenolic OH excluding ortho intramolecular Hbond substituents is 1. The van der Waals surface area contributed by atoms with Crippen molar-refractivity contribution in [3.8, 4) is 17.2 Å². The average molecular weight is 651 g/mol. The van der Waals surface area contributed by atoms with Crippen LogP contribution in [0, 0.1) is 7.14 Å². The predicted octanol–water partition coefficient (Wildman–Crippen LogP) is 4.28. The van der Waals surface area contributed by atoms with Crippen LogP contribution in [-0.2, 0) is 4.79 Å². The number of alkyl halides is 1. The molecule has 2 aromatic carbocycles. The first-order chi connectivity index (χ1) is 10.8. The molecule has 0 radical (unpaired) electrons. The van der Waals surface area contributed by atoms with E-state index in [9.17, 15) is 9.90 Å². The average Bonchev–Trinajstić information content (AvgIpc) is 2.48. The van der Waals surface area contributed by atoms with Gasteiger partial charge in [-0.3, -0.25) is 4.79 Å². The number of aliphatic carboxylic acids is 1. The van der Waals surface area contributed by atoms with Gasteiger partial charge in [0.1, 0.15) is 23.3 Å². The lowest BCUT2D eigenvalue weighted by molar-refractivity contribution is -0.138. The standard InChI is InChI=1S/C15H12I3NO4/c16-10-5-9(23-8-3-1-7(20)2-4-8)6-11(17)12(10)13(18)14(19)15(21)22/h1-6,13-14,20H,19H2,(H,21,22)/t13-,14+/m0/s1. The fourth-order valence-corrected chi connectivity index (χ4v) is 6.39. The van der Waals surface area contributed by atoms with E-state index in [0.717, 1.165) is 12.7 Å². The quantitative estimate of drug-likeness (QED) is 0.332. The lowest BCUT2D eigenvalue weighted by Crippen LogP contribution is -2.34. The van der Waals surface area contributed by atoms with Gasteiger partial charge in [-0.2, -0.15) is 0 Å². The number of halogens is 3. The number of rotatable bonds is 5. The number of aromatic hydroxyl groups is 1. The maximum atomic E-state index is 11.1. The fraction of sp³-hybridized carbons (Fsp3) is 0.133. The monoisotopic (exact) mass is 651 g/mol. The van der Waals surface area contributed by atoms with Gasteiger partial charge in [0, 0.05) is 7.14 Å². The van der Waals surface area contributed by atoms with Crippen molar-refractivity contribution < 1.29 is 19.7 Å². The normalized spacial score (nSPS) is 13.4. The van der Waals surface area contributed by atoms with E-state index >= 15 is 0 Å². The molecule has 0 spiro atoms. The van der Waals surface area contributed by atoms with Crippen molar-refractivity contribution in [2.45, 2.75) is 9.97 Å². The van der Waals surface area contributed by atoms with Gasteiger partial charge >= 0.3 is 5.97 Å². The Labute approximate surface area is 174 Å². The lowest BCUT2D eigenvalue weighted by atomic mass is 10.1. The van der Waals surface area contributed by atoms with Crippen LogP contribution in [0.5, 0.6) is 17.2 Å². The molecular weight excluding hydrogens is 639 g/mol. The molecule has 0 aliphatic carbocycles. The number of ether oxygens (including phenoxy) is 1. The summed E-state index contributed by atoms with van der Waals surface area (Å²) in [6.07, 6.45) is 0. The van der Waals surface area contributed by atoms with Gasteiger partial charge < -0.3 is 20.7 Å². The topological polar surface area (TPSA) is 92.8 Å². The van der Waals surface area contributed by atoms with Crippen LogP contribution in [0.1, 0.15) is 9.49 Å². The number of carbonyl (C=O) groups is 1. The maximum Gasteiger partial charge on any atom is 0.321 e. The third-order valence-corrected chi connectivity index (χ3v) is 6.18. The molecule has 0 saturated carbocycles. The molecule has 0 aliphatic heterocycles. The highest BCUT2D eigenvalue weighted by atomic mass is 127. The highest BCUT2D eigenvalue weighted by Gasteiger charge is 2.27. The van der Waals surface area contributed by atoms with E-state index in [1.165, 1.54) is 0 Å². The van der Waals surface area contributed by atoms with Crippen LogP contribution in [0.15, 0.2) is 36.4 Å². The Balaban J connectivity index is 2.29. The predicted molar refractivity (Wildman–Crippen MR) is 112 cm³/mol. The highest BCUT2D eigenvalue weighted by Crippen LogP contribution is 2.37. The molecule has 8 heteroatoms. The summed E-state index contributed by atoms with van der Waals surface area (Å²) < 4.78 is 7.20. The van der Waals surface area contributed by atoms with Crippen LogP contribution in [0.4, 0.5) is 0 Å². The van der Waals surface area contributed by atoms with Crippen molar-refractivity contribution in [3.63, 3.8) is 0 Å². The van der Waals surface area contributed by atoms with E-state index in [2.05, 4.69) is 67.8 Å². The summed E-state index contributed by atoms with van der Waals surface area (Å²) in [6.45, 7) is 0. The summed E-state index contributed by atoms with van der Waals surface area (Å²) in [6, 6.07) is 9.14. The first-order valence-corrected chi connectivity index (χ1v) is 9.78. The van der Waals surface area contributed by atoms with Crippen LogP contribution in [0.2, 0.25) is 0 Å². The smallest absolute Gasteiger partial charge is 0.321 e. The first-order valence-electron chi connectivity index (χ1n) is 6.38. The largest absolute Gasteiger partial charge is 0.508 e. The minimum atomic E-state index is -1.03.